The van der Waals surface area contributed by atoms with Crippen molar-refractivity contribution in [3.8, 4) is 0 Å². The summed E-state index contributed by atoms with van der Waals surface area (Å²) >= 11 is 0. The van der Waals surface area contributed by atoms with Crippen LogP contribution in [0, 0.1) is 167 Å². The van der Waals surface area contributed by atoms with Crippen molar-refractivity contribution in [1.29, 1.82) is 0 Å². The van der Waals surface area contributed by atoms with Crippen molar-refractivity contribution in [3.05, 3.63) is 0 Å². The van der Waals surface area contributed by atoms with Gasteiger partial charge < -0.3 is 21.9 Å². The van der Waals surface area contributed by atoms with E-state index < -0.39 is 0 Å². The van der Waals surface area contributed by atoms with Crippen molar-refractivity contribution in [1.82, 2.24) is 0 Å². The van der Waals surface area contributed by atoms with Gasteiger partial charge in [-0.15, -0.1) is 0 Å². The third-order valence-corrected chi connectivity index (χ3v) is 0. The van der Waals surface area contributed by atoms with Gasteiger partial charge in [-0.05, 0) is 0 Å². The maximum Gasteiger partial charge on any atom is 3.00 e. The zero-order valence-electron chi connectivity index (χ0n) is 3.63. The molecule has 0 aromatic rings. The summed E-state index contributed by atoms with van der Waals surface area (Å²) in [6, 6.07) is 0. The normalized spacial score (nSPS) is 0. The molecule has 0 aliphatic rings. The van der Waals surface area contributed by atoms with Crippen LogP contribution in [0.2, 0.25) is 0 Å². The molecule has 0 rings (SSSR count). The van der Waals surface area contributed by atoms with Gasteiger partial charge in [-0.3, -0.25) is 0 Å². The summed E-state index contributed by atoms with van der Waals surface area (Å²) in [5.41, 5.74) is 0. The third kappa shape index (κ3) is 42.5. The summed E-state index contributed by atoms with van der Waals surface area (Å²) in [4.78, 5) is 0. The predicted molar refractivity (Wildman–Crippen MR) is 2.75 cm³/mol. The molecule has 36 valence electrons. The molecule has 0 aromatic carbocycles. The van der Waals surface area contributed by atoms with Gasteiger partial charge in [0, 0.05) is 0 Å². The van der Waals surface area contributed by atoms with Gasteiger partial charge in [-0.1, -0.05) is 0 Å². The Morgan fingerprint density at radius 3 is 0.250 bits per heavy atom. The Balaban J connectivity index is 0. The second kappa shape index (κ2) is 55.6. The zero-order valence-corrected chi connectivity index (χ0v) is 16.2. The quantitative estimate of drug-likeness (QED) is 0.347. The molecule has 4 radical (unpaired) electrons. The number of hydrogen-bond donors (Lipinski definition) is 0. The van der Waals surface area contributed by atoms with Gasteiger partial charge in [0.25, 0.3) is 0 Å². The average Bonchev–Trinajstić information content (AvgIpc) is 0. The molecule has 0 aliphatic heterocycles. The molecular weight excluding hydrogens is 624 g/mol. The Hall–Kier alpha value is 5.35. The summed E-state index contributed by atoms with van der Waals surface area (Å²) in [7, 11) is 0. The molecule has 4 nitrogen and oxygen atoms in total. The molecule has 0 bridgehead atoms. The minimum atomic E-state index is 0. The monoisotopic (exact) mass is 624 g/mol. The van der Waals surface area contributed by atoms with Crippen LogP contribution in [-0.2, 0) is 21.9 Å². The Labute approximate surface area is 183 Å². The van der Waals surface area contributed by atoms with Crippen LogP contribution >= 0.6 is 0 Å². The van der Waals surface area contributed by atoms with E-state index in [0.717, 1.165) is 0 Å². The molecule has 0 amide bonds. The standard InChI is InChI=1S/4Ce.4O/q4*+3;4*-2. The van der Waals surface area contributed by atoms with Gasteiger partial charge in [0.05, 0.1) is 0 Å². The molecule has 0 aliphatic carbocycles. The Morgan fingerprint density at radius 1 is 0.250 bits per heavy atom. The van der Waals surface area contributed by atoms with E-state index in [2.05, 4.69) is 0 Å². The van der Waals surface area contributed by atoms with Crippen LogP contribution in [0.25, 0.3) is 0 Å². The van der Waals surface area contributed by atoms with Crippen LogP contribution < -0.4 is 0 Å². The SMILES string of the molecule is [Ce+3].[Ce+3].[Ce+3].[Ce+3].[O-2].[O-2].[O-2].[O-2]. The molecule has 8 heavy (non-hydrogen) atoms. The minimum Gasteiger partial charge on any atom is -2.00 e. The molecule has 0 spiro atoms. The van der Waals surface area contributed by atoms with E-state index in [-0.39, 0.29) is 189 Å². The van der Waals surface area contributed by atoms with Gasteiger partial charge in [0.15, 0.2) is 0 Å². The molecule has 0 fully saturated rings. The van der Waals surface area contributed by atoms with Crippen LogP contribution in [-0.4, -0.2) is 0 Å². The first kappa shape index (κ1) is 71.2. The van der Waals surface area contributed by atoms with Crippen molar-refractivity contribution < 1.29 is 189 Å². The van der Waals surface area contributed by atoms with Gasteiger partial charge >= 0.3 is 167 Å². The first-order valence-electron chi connectivity index (χ1n) is 0. The third-order valence-electron chi connectivity index (χ3n) is 0. The summed E-state index contributed by atoms with van der Waals surface area (Å²) in [5, 5.41) is 0. The number of rotatable bonds is 0. The van der Waals surface area contributed by atoms with Crippen LogP contribution in [0.1, 0.15) is 0 Å². The van der Waals surface area contributed by atoms with E-state index >= 15 is 0 Å². The topological polar surface area (TPSA) is 114 Å². The van der Waals surface area contributed by atoms with Gasteiger partial charge in [0.2, 0.25) is 0 Å². The van der Waals surface area contributed by atoms with Gasteiger partial charge in [0.1, 0.15) is 0 Å². The van der Waals surface area contributed by atoms with E-state index in [0.29, 0.717) is 0 Å². The van der Waals surface area contributed by atoms with E-state index in [4.69, 9.17) is 0 Å². The van der Waals surface area contributed by atoms with Crippen molar-refractivity contribution >= 4 is 0 Å². The molecule has 0 heterocycles. The van der Waals surface area contributed by atoms with Crippen molar-refractivity contribution in [3.63, 3.8) is 0 Å². The van der Waals surface area contributed by atoms with Gasteiger partial charge in [-0.2, -0.15) is 0 Å². The van der Waals surface area contributed by atoms with E-state index in [1.807, 2.05) is 0 Å². The molecular formula is Ce4O4+4. The fourth-order valence-corrected chi connectivity index (χ4v) is 0. The predicted octanol–water partition coefficient (Wildman–Crippen LogP) is -0.475. The summed E-state index contributed by atoms with van der Waals surface area (Å²) in [6.45, 7) is 0. The van der Waals surface area contributed by atoms with Crippen molar-refractivity contribution in [2.75, 3.05) is 0 Å². The molecule has 0 aromatic heterocycles. The summed E-state index contributed by atoms with van der Waals surface area (Å²) < 4.78 is 0. The smallest absolute Gasteiger partial charge is 2.00 e. The van der Waals surface area contributed by atoms with Crippen LogP contribution in [0.3, 0.4) is 0 Å². The Bertz CT molecular complexity index is 8.00. The van der Waals surface area contributed by atoms with Crippen LogP contribution in [0.4, 0.5) is 0 Å². The Kier molecular flexibility index (Phi) is 495. The van der Waals surface area contributed by atoms with Crippen molar-refractivity contribution in [2.24, 2.45) is 0 Å². The Morgan fingerprint density at radius 2 is 0.250 bits per heavy atom. The van der Waals surface area contributed by atoms with Crippen LogP contribution in [0.5, 0.6) is 0 Å². The van der Waals surface area contributed by atoms with Crippen LogP contribution in [0.15, 0.2) is 0 Å². The molecule has 0 unspecified atom stereocenters. The molecule has 0 atom stereocenters. The van der Waals surface area contributed by atoms with Gasteiger partial charge in [-0.25, -0.2) is 0 Å². The zero-order chi connectivity index (χ0) is 0. The molecule has 0 saturated carbocycles. The summed E-state index contributed by atoms with van der Waals surface area (Å²) in [5.74, 6) is 0. The fraction of sp³-hybridized carbons (Fsp3) is 0. The molecule has 8 heteroatoms. The second-order valence-corrected chi connectivity index (χ2v) is 0. The summed E-state index contributed by atoms with van der Waals surface area (Å²) in [6.07, 6.45) is 0. The van der Waals surface area contributed by atoms with E-state index in [9.17, 15) is 0 Å². The maximum atomic E-state index is 0. The minimum absolute atomic E-state index is 0. The van der Waals surface area contributed by atoms with E-state index in [1.165, 1.54) is 0 Å². The molecule has 0 N–H and O–H groups in total. The first-order valence-corrected chi connectivity index (χ1v) is 0. The molecule has 0 saturated heterocycles. The maximum absolute atomic E-state index is 0. The largest absolute Gasteiger partial charge is 3.00 e. The average molecular weight is 624 g/mol. The first-order chi connectivity index (χ1) is 0. The van der Waals surface area contributed by atoms with E-state index in [1.54, 1.807) is 0 Å². The van der Waals surface area contributed by atoms with Crippen molar-refractivity contribution in [2.45, 2.75) is 0 Å². The second-order valence-electron chi connectivity index (χ2n) is 0. The fourth-order valence-electron chi connectivity index (χ4n) is 0. The number of hydrogen-bond acceptors (Lipinski definition) is 0.